The highest BCUT2D eigenvalue weighted by atomic mass is 16.5. The van der Waals surface area contributed by atoms with E-state index in [1.807, 2.05) is 6.92 Å². The second-order valence-corrected chi connectivity index (χ2v) is 3.75. The van der Waals surface area contributed by atoms with Gasteiger partial charge in [0.15, 0.2) is 0 Å². The molecule has 5 nitrogen and oxygen atoms in total. The molecule has 0 fully saturated rings. The van der Waals surface area contributed by atoms with Gasteiger partial charge in [0.05, 0.1) is 18.6 Å². The van der Waals surface area contributed by atoms with Crippen LogP contribution >= 0.6 is 0 Å². The quantitative estimate of drug-likeness (QED) is 0.782. The lowest BCUT2D eigenvalue weighted by Gasteiger charge is -2.17. The van der Waals surface area contributed by atoms with E-state index in [2.05, 4.69) is 0 Å². The van der Waals surface area contributed by atoms with Crippen LogP contribution in [0.25, 0.3) is 0 Å². The number of hydrogen-bond acceptors (Lipinski definition) is 3. The molecule has 0 spiro atoms. The van der Waals surface area contributed by atoms with Crippen LogP contribution < -0.4 is 4.90 Å². The van der Waals surface area contributed by atoms with E-state index >= 15 is 0 Å². The maximum Gasteiger partial charge on any atom is 0.335 e. The van der Waals surface area contributed by atoms with Gasteiger partial charge in [-0.3, -0.25) is 4.79 Å². The maximum atomic E-state index is 11.8. The molecule has 0 bridgehead atoms. The third-order valence-corrected chi connectivity index (χ3v) is 2.54. The van der Waals surface area contributed by atoms with Crippen LogP contribution in [0.2, 0.25) is 0 Å². The smallest absolute Gasteiger partial charge is 0.335 e. The average molecular weight is 251 g/mol. The third kappa shape index (κ3) is 3.85. The van der Waals surface area contributed by atoms with Crippen molar-refractivity contribution in [1.82, 2.24) is 0 Å². The summed E-state index contributed by atoms with van der Waals surface area (Å²) in [6, 6.07) is 6.18. The zero-order valence-corrected chi connectivity index (χ0v) is 10.5. The number of amides is 1. The highest BCUT2D eigenvalue weighted by molar-refractivity contribution is 5.94. The Balaban J connectivity index is 2.63. The van der Waals surface area contributed by atoms with Crippen LogP contribution in [0.5, 0.6) is 0 Å². The van der Waals surface area contributed by atoms with Crippen molar-refractivity contribution in [2.24, 2.45) is 0 Å². The van der Waals surface area contributed by atoms with E-state index in [0.29, 0.717) is 25.3 Å². The molecule has 0 saturated carbocycles. The Kier molecular flexibility index (Phi) is 5.32. The average Bonchev–Trinajstić information content (AvgIpc) is 2.38. The predicted octanol–water partition coefficient (Wildman–Crippen LogP) is 1.77. The highest BCUT2D eigenvalue weighted by Gasteiger charge is 2.11. The third-order valence-electron chi connectivity index (χ3n) is 2.54. The Hall–Kier alpha value is -1.88. The summed E-state index contributed by atoms with van der Waals surface area (Å²) >= 11 is 0. The van der Waals surface area contributed by atoms with Gasteiger partial charge in [0.2, 0.25) is 5.91 Å². The van der Waals surface area contributed by atoms with Crippen molar-refractivity contribution >= 4 is 17.6 Å². The lowest BCUT2D eigenvalue weighted by molar-refractivity contribution is -0.119. The largest absolute Gasteiger partial charge is 0.478 e. The molecule has 0 atom stereocenters. The van der Waals surface area contributed by atoms with Gasteiger partial charge in [0.25, 0.3) is 0 Å². The van der Waals surface area contributed by atoms with Gasteiger partial charge in [0.1, 0.15) is 0 Å². The van der Waals surface area contributed by atoms with Gasteiger partial charge in [-0.15, -0.1) is 0 Å². The number of nitrogens with zero attached hydrogens (tertiary/aromatic N) is 1. The summed E-state index contributed by atoms with van der Waals surface area (Å²) in [7, 11) is 1.66. The number of carbonyl (C=O) groups excluding carboxylic acids is 1. The monoisotopic (exact) mass is 251 g/mol. The number of carboxylic acids is 1. The molecule has 5 heteroatoms. The Labute approximate surface area is 106 Å². The van der Waals surface area contributed by atoms with Crippen LogP contribution in [-0.4, -0.2) is 37.2 Å². The Bertz CT molecular complexity index is 414. The van der Waals surface area contributed by atoms with E-state index in [1.54, 1.807) is 19.2 Å². The Morgan fingerprint density at radius 2 is 1.89 bits per heavy atom. The first kappa shape index (κ1) is 14.2. The zero-order valence-electron chi connectivity index (χ0n) is 10.5. The second-order valence-electron chi connectivity index (χ2n) is 3.75. The van der Waals surface area contributed by atoms with Crippen molar-refractivity contribution in [1.29, 1.82) is 0 Å². The van der Waals surface area contributed by atoms with Gasteiger partial charge in [-0.2, -0.15) is 0 Å². The highest BCUT2D eigenvalue weighted by Crippen LogP contribution is 2.14. The molecule has 1 aromatic carbocycles. The SMILES string of the molecule is CCOCCC(=O)N(C)c1ccc(C(=O)O)cc1. The standard InChI is InChI=1S/C13H17NO4/c1-3-18-9-8-12(15)14(2)11-6-4-10(5-7-11)13(16)17/h4-7H,3,8-9H2,1-2H3,(H,16,17). The fourth-order valence-electron chi connectivity index (χ4n) is 1.44. The van der Waals surface area contributed by atoms with Crippen molar-refractivity contribution in [2.75, 3.05) is 25.2 Å². The molecule has 1 aromatic rings. The molecule has 0 radical (unpaired) electrons. The van der Waals surface area contributed by atoms with Gasteiger partial charge < -0.3 is 14.7 Å². The van der Waals surface area contributed by atoms with Crippen molar-refractivity contribution in [3.05, 3.63) is 29.8 Å². The van der Waals surface area contributed by atoms with Crippen molar-refractivity contribution < 1.29 is 19.4 Å². The van der Waals surface area contributed by atoms with Gasteiger partial charge >= 0.3 is 5.97 Å². The molecular formula is C13H17NO4. The summed E-state index contributed by atoms with van der Waals surface area (Å²) in [4.78, 5) is 24.0. The molecule has 0 aliphatic carbocycles. The van der Waals surface area contributed by atoms with Gasteiger partial charge in [0, 0.05) is 19.3 Å². The molecule has 0 heterocycles. The molecule has 0 aliphatic heterocycles. The summed E-state index contributed by atoms with van der Waals surface area (Å²) < 4.78 is 5.12. The maximum absolute atomic E-state index is 11.8. The lowest BCUT2D eigenvalue weighted by Crippen LogP contribution is -2.27. The summed E-state index contributed by atoms with van der Waals surface area (Å²) in [6.45, 7) is 2.86. The molecule has 0 saturated heterocycles. The summed E-state index contributed by atoms with van der Waals surface area (Å²) in [5.41, 5.74) is 0.871. The number of aromatic carboxylic acids is 1. The van der Waals surface area contributed by atoms with E-state index < -0.39 is 5.97 Å². The van der Waals surface area contributed by atoms with E-state index in [-0.39, 0.29) is 11.5 Å². The zero-order chi connectivity index (χ0) is 13.5. The predicted molar refractivity (Wildman–Crippen MR) is 67.9 cm³/mol. The number of anilines is 1. The van der Waals surface area contributed by atoms with E-state index in [0.717, 1.165) is 0 Å². The minimum Gasteiger partial charge on any atom is -0.478 e. The van der Waals surface area contributed by atoms with Crippen LogP contribution in [-0.2, 0) is 9.53 Å². The minimum absolute atomic E-state index is 0.0634. The van der Waals surface area contributed by atoms with Crippen molar-refractivity contribution in [3.8, 4) is 0 Å². The normalized spacial score (nSPS) is 10.1. The number of rotatable bonds is 6. The fraction of sp³-hybridized carbons (Fsp3) is 0.385. The summed E-state index contributed by atoms with van der Waals surface area (Å²) in [6.07, 6.45) is 0.311. The van der Waals surface area contributed by atoms with Gasteiger partial charge in [-0.25, -0.2) is 4.79 Å². The number of ether oxygens (including phenoxy) is 1. The number of hydrogen-bond donors (Lipinski definition) is 1. The van der Waals surface area contributed by atoms with Crippen LogP contribution in [0.15, 0.2) is 24.3 Å². The first-order valence-corrected chi connectivity index (χ1v) is 5.74. The second kappa shape index (κ2) is 6.76. The lowest BCUT2D eigenvalue weighted by atomic mass is 10.2. The molecule has 0 aliphatic rings. The molecule has 18 heavy (non-hydrogen) atoms. The molecule has 0 unspecified atom stereocenters. The fourth-order valence-corrected chi connectivity index (χ4v) is 1.44. The molecule has 1 amide bonds. The Morgan fingerprint density at radius 1 is 1.28 bits per heavy atom. The van der Waals surface area contributed by atoms with Crippen molar-refractivity contribution in [2.45, 2.75) is 13.3 Å². The number of carbonyl (C=O) groups is 2. The van der Waals surface area contributed by atoms with Crippen LogP contribution in [0, 0.1) is 0 Å². The molecule has 98 valence electrons. The first-order valence-electron chi connectivity index (χ1n) is 5.74. The first-order chi connectivity index (χ1) is 8.56. The van der Waals surface area contributed by atoms with Crippen LogP contribution in [0.1, 0.15) is 23.7 Å². The topological polar surface area (TPSA) is 66.8 Å². The molecule has 0 aromatic heterocycles. The number of benzene rings is 1. The molecular weight excluding hydrogens is 234 g/mol. The molecule has 1 N–H and O–H groups in total. The Morgan fingerprint density at radius 3 is 2.39 bits per heavy atom. The van der Waals surface area contributed by atoms with Gasteiger partial charge in [-0.1, -0.05) is 0 Å². The van der Waals surface area contributed by atoms with E-state index in [4.69, 9.17) is 9.84 Å². The van der Waals surface area contributed by atoms with E-state index in [1.165, 1.54) is 17.0 Å². The minimum atomic E-state index is -0.980. The van der Waals surface area contributed by atoms with Crippen LogP contribution in [0.3, 0.4) is 0 Å². The van der Waals surface area contributed by atoms with Crippen molar-refractivity contribution in [3.63, 3.8) is 0 Å². The molecule has 1 rings (SSSR count). The van der Waals surface area contributed by atoms with Gasteiger partial charge in [-0.05, 0) is 31.2 Å². The number of carboxylic acid groups (broad SMARTS) is 1. The van der Waals surface area contributed by atoms with E-state index in [9.17, 15) is 9.59 Å². The van der Waals surface area contributed by atoms with Crippen LogP contribution in [0.4, 0.5) is 5.69 Å². The summed E-state index contributed by atoms with van der Waals surface area (Å²) in [5.74, 6) is -1.04. The summed E-state index contributed by atoms with van der Waals surface area (Å²) in [5, 5.41) is 8.77.